The van der Waals surface area contributed by atoms with E-state index in [1.165, 1.54) is 18.5 Å². The molecule has 0 saturated heterocycles. The van der Waals surface area contributed by atoms with Gasteiger partial charge in [-0.1, -0.05) is 24.3 Å². The van der Waals surface area contributed by atoms with Gasteiger partial charge < -0.3 is 10.1 Å². The van der Waals surface area contributed by atoms with Crippen LogP contribution in [0.5, 0.6) is 5.75 Å². The van der Waals surface area contributed by atoms with E-state index in [-0.39, 0.29) is 11.4 Å². The molecular formula is C23H17F2N3O2. The lowest BCUT2D eigenvalue weighted by atomic mass is 9.76. The SMILES string of the molecule is O=C(Nc1cnc(C2=CC3(CCC3)Oc3ccccc32)cn1)c1c(F)cccc1F. The Labute approximate surface area is 171 Å². The number of aromatic nitrogens is 2. The lowest BCUT2D eigenvalue weighted by Crippen LogP contribution is -2.43. The summed E-state index contributed by atoms with van der Waals surface area (Å²) in [6.45, 7) is 0. The number of nitrogens with one attached hydrogen (secondary N) is 1. The second kappa shape index (κ2) is 7.02. The summed E-state index contributed by atoms with van der Waals surface area (Å²) in [5.41, 5.74) is 1.51. The first-order valence-electron chi connectivity index (χ1n) is 9.64. The average molecular weight is 405 g/mol. The molecule has 2 aromatic carbocycles. The molecule has 0 atom stereocenters. The molecule has 0 bridgehead atoms. The van der Waals surface area contributed by atoms with Crippen LogP contribution in [0.1, 0.15) is 40.9 Å². The summed E-state index contributed by atoms with van der Waals surface area (Å²) in [5, 5.41) is 2.39. The third-order valence-corrected chi connectivity index (χ3v) is 5.46. The maximum absolute atomic E-state index is 13.8. The van der Waals surface area contributed by atoms with Crippen molar-refractivity contribution in [3.05, 3.63) is 89.4 Å². The summed E-state index contributed by atoms with van der Waals surface area (Å²) >= 11 is 0. The van der Waals surface area contributed by atoms with Crippen molar-refractivity contribution in [3.8, 4) is 5.75 Å². The van der Waals surface area contributed by atoms with Crippen LogP contribution in [-0.2, 0) is 0 Å². The largest absolute Gasteiger partial charge is 0.483 e. The van der Waals surface area contributed by atoms with Crippen LogP contribution in [0.3, 0.4) is 0 Å². The van der Waals surface area contributed by atoms with Crippen LogP contribution in [0, 0.1) is 11.6 Å². The highest BCUT2D eigenvalue weighted by Gasteiger charge is 2.41. The summed E-state index contributed by atoms with van der Waals surface area (Å²) in [7, 11) is 0. The molecule has 1 aliphatic carbocycles. The van der Waals surface area contributed by atoms with Gasteiger partial charge in [0.1, 0.15) is 28.5 Å². The number of halogens is 2. The maximum Gasteiger partial charge on any atom is 0.262 e. The number of nitrogens with zero attached hydrogens (tertiary/aromatic N) is 2. The molecule has 30 heavy (non-hydrogen) atoms. The lowest BCUT2D eigenvalue weighted by molar-refractivity contribution is 0.0376. The van der Waals surface area contributed by atoms with E-state index in [1.807, 2.05) is 24.3 Å². The minimum atomic E-state index is -0.938. The van der Waals surface area contributed by atoms with E-state index in [0.717, 1.165) is 48.3 Å². The molecule has 1 amide bonds. The summed E-state index contributed by atoms with van der Waals surface area (Å²) in [4.78, 5) is 20.9. The third-order valence-electron chi connectivity index (χ3n) is 5.46. The second-order valence-corrected chi connectivity index (χ2v) is 7.41. The van der Waals surface area contributed by atoms with E-state index in [0.29, 0.717) is 5.69 Å². The number of carbonyl (C=O) groups is 1. The Bertz CT molecular complexity index is 1150. The monoisotopic (exact) mass is 405 g/mol. The number of rotatable bonds is 3. The number of para-hydroxylation sites is 1. The minimum absolute atomic E-state index is 0.103. The molecule has 7 heteroatoms. The van der Waals surface area contributed by atoms with Gasteiger partial charge in [0.05, 0.1) is 18.1 Å². The van der Waals surface area contributed by atoms with Crippen LogP contribution in [-0.4, -0.2) is 21.5 Å². The number of fused-ring (bicyclic) bond motifs is 1. The zero-order chi connectivity index (χ0) is 20.7. The summed E-state index contributed by atoms with van der Waals surface area (Å²) < 4.78 is 33.8. The number of hydrogen-bond donors (Lipinski definition) is 1. The van der Waals surface area contributed by atoms with E-state index >= 15 is 0 Å². The Kier molecular flexibility index (Phi) is 4.31. The number of amides is 1. The standard InChI is InChI=1S/C23H17F2N3O2/c24-16-6-3-7-17(25)21(16)22(29)28-20-13-26-18(12-27-20)15-11-23(9-4-10-23)30-19-8-2-1-5-14(15)19/h1-3,5-8,11-13H,4,9-10H2,(H,27,28,29). The highest BCUT2D eigenvalue weighted by molar-refractivity contribution is 6.04. The molecule has 1 spiro atoms. The predicted octanol–water partition coefficient (Wildman–Crippen LogP) is 4.75. The maximum atomic E-state index is 13.8. The number of hydrogen-bond acceptors (Lipinski definition) is 4. The fraction of sp³-hybridized carbons (Fsp3) is 0.174. The molecule has 0 radical (unpaired) electrons. The van der Waals surface area contributed by atoms with Crippen LogP contribution in [0.25, 0.3) is 5.57 Å². The summed E-state index contributed by atoms with van der Waals surface area (Å²) in [6.07, 6.45) is 8.00. The number of anilines is 1. The van der Waals surface area contributed by atoms with Crippen molar-refractivity contribution in [2.45, 2.75) is 24.9 Å². The van der Waals surface area contributed by atoms with Crippen LogP contribution in [0.4, 0.5) is 14.6 Å². The number of benzene rings is 2. The molecule has 1 fully saturated rings. The fourth-order valence-electron chi connectivity index (χ4n) is 3.78. The van der Waals surface area contributed by atoms with Crippen LogP contribution >= 0.6 is 0 Å². The van der Waals surface area contributed by atoms with Gasteiger partial charge in [-0.2, -0.15) is 0 Å². The smallest absolute Gasteiger partial charge is 0.262 e. The normalized spacial score (nSPS) is 16.1. The zero-order valence-electron chi connectivity index (χ0n) is 15.9. The Morgan fingerprint density at radius 1 is 1.00 bits per heavy atom. The molecule has 5 rings (SSSR count). The Balaban J connectivity index is 1.43. The quantitative estimate of drug-likeness (QED) is 0.683. The molecule has 2 aliphatic rings. The van der Waals surface area contributed by atoms with Gasteiger partial charge >= 0.3 is 0 Å². The lowest BCUT2D eigenvalue weighted by Gasteiger charge is -2.43. The third kappa shape index (κ3) is 3.12. The molecule has 1 aromatic heterocycles. The molecule has 1 N–H and O–H groups in total. The van der Waals surface area contributed by atoms with Crippen LogP contribution < -0.4 is 10.1 Å². The van der Waals surface area contributed by atoms with E-state index in [9.17, 15) is 13.6 Å². The fourth-order valence-corrected chi connectivity index (χ4v) is 3.78. The van der Waals surface area contributed by atoms with E-state index < -0.39 is 23.1 Å². The molecule has 150 valence electrons. The summed E-state index contributed by atoms with van der Waals surface area (Å²) in [6, 6.07) is 11.0. The first kappa shape index (κ1) is 18.4. The number of ether oxygens (including phenoxy) is 1. The van der Waals surface area contributed by atoms with Crippen molar-refractivity contribution >= 4 is 17.3 Å². The van der Waals surface area contributed by atoms with Crippen molar-refractivity contribution in [3.63, 3.8) is 0 Å². The van der Waals surface area contributed by atoms with E-state index in [2.05, 4.69) is 21.4 Å². The molecule has 5 nitrogen and oxygen atoms in total. The van der Waals surface area contributed by atoms with Gasteiger partial charge in [0.15, 0.2) is 5.82 Å². The molecule has 2 heterocycles. The summed E-state index contributed by atoms with van der Waals surface area (Å²) in [5.74, 6) is -1.88. The Morgan fingerprint density at radius 3 is 2.43 bits per heavy atom. The first-order chi connectivity index (χ1) is 14.5. The van der Waals surface area contributed by atoms with Gasteiger partial charge in [-0.05, 0) is 43.5 Å². The van der Waals surface area contributed by atoms with Gasteiger partial charge in [-0.25, -0.2) is 13.8 Å². The Morgan fingerprint density at radius 2 is 1.77 bits per heavy atom. The van der Waals surface area contributed by atoms with Gasteiger partial charge in [-0.15, -0.1) is 0 Å². The van der Waals surface area contributed by atoms with Crippen LogP contribution in [0.15, 0.2) is 60.9 Å². The highest BCUT2D eigenvalue weighted by atomic mass is 19.1. The molecule has 1 aliphatic heterocycles. The first-order valence-corrected chi connectivity index (χ1v) is 9.64. The molecule has 0 unspecified atom stereocenters. The van der Waals surface area contributed by atoms with Gasteiger partial charge in [0.2, 0.25) is 0 Å². The average Bonchev–Trinajstić information content (AvgIpc) is 2.72. The Hall–Kier alpha value is -3.61. The molecule has 1 saturated carbocycles. The number of carbonyl (C=O) groups excluding carboxylic acids is 1. The van der Waals surface area contributed by atoms with Crippen molar-refractivity contribution in [2.75, 3.05) is 5.32 Å². The highest BCUT2D eigenvalue weighted by Crippen LogP contribution is 2.46. The van der Waals surface area contributed by atoms with Gasteiger partial charge in [0.25, 0.3) is 5.91 Å². The zero-order valence-corrected chi connectivity index (χ0v) is 15.9. The van der Waals surface area contributed by atoms with Gasteiger partial charge in [-0.3, -0.25) is 9.78 Å². The topological polar surface area (TPSA) is 64.1 Å². The van der Waals surface area contributed by atoms with Crippen molar-refractivity contribution in [1.29, 1.82) is 0 Å². The van der Waals surface area contributed by atoms with Gasteiger partial charge in [0, 0.05) is 11.1 Å². The molecule has 3 aromatic rings. The second-order valence-electron chi connectivity index (χ2n) is 7.41. The van der Waals surface area contributed by atoms with E-state index in [1.54, 1.807) is 0 Å². The van der Waals surface area contributed by atoms with Crippen molar-refractivity contribution < 1.29 is 18.3 Å². The predicted molar refractivity (Wildman–Crippen MR) is 107 cm³/mol. The van der Waals surface area contributed by atoms with Crippen LogP contribution in [0.2, 0.25) is 0 Å². The molecular weight excluding hydrogens is 388 g/mol. The van der Waals surface area contributed by atoms with E-state index in [4.69, 9.17) is 4.74 Å². The van der Waals surface area contributed by atoms with Crippen molar-refractivity contribution in [2.24, 2.45) is 0 Å². The van der Waals surface area contributed by atoms with Crippen molar-refractivity contribution in [1.82, 2.24) is 9.97 Å². The minimum Gasteiger partial charge on any atom is -0.483 e.